The quantitative estimate of drug-likeness (QED) is 0.833. The van der Waals surface area contributed by atoms with E-state index in [2.05, 4.69) is 5.32 Å². The van der Waals surface area contributed by atoms with Gasteiger partial charge in [-0.1, -0.05) is 26.0 Å². The van der Waals surface area contributed by atoms with E-state index in [1.54, 1.807) is 12.0 Å². The highest BCUT2D eigenvalue weighted by Crippen LogP contribution is 2.17. The van der Waals surface area contributed by atoms with E-state index in [1.165, 1.54) is 0 Å². The summed E-state index contributed by atoms with van der Waals surface area (Å²) in [6, 6.07) is 7.09. The molecule has 134 valence electrons. The van der Waals surface area contributed by atoms with Gasteiger partial charge in [0.2, 0.25) is 11.8 Å². The number of ether oxygens (including phenoxy) is 1. The molecule has 1 atom stereocenters. The summed E-state index contributed by atoms with van der Waals surface area (Å²) >= 11 is 0. The minimum atomic E-state index is -0.473. The number of amides is 2. The lowest BCUT2D eigenvalue weighted by Gasteiger charge is -2.33. The summed E-state index contributed by atoms with van der Waals surface area (Å²) in [6.45, 7) is 9.97. The lowest BCUT2D eigenvalue weighted by Crippen LogP contribution is -2.53. The van der Waals surface area contributed by atoms with Gasteiger partial charge in [0.1, 0.15) is 11.8 Å². The fourth-order valence-corrected chi connectivity index (χ4v) is 2.50. The zero-order valence-corrected chi connectivity index (χ0v) is 15.7. The molecular formula is C19H30N2O3. The van der Waals surface area contributed by atoms with Crippen molar-refractivity contribution in [3.63, 3.8) is 0 Å². The molecule has 0 heterocycles. The zero-order valence-electron chi connectivity index (χ0n) is 15.7. The van der Waals surface area contributed by atoms with E-state index in [1.807, 2.05) is 58.9 Å². The van der Waals surface area contributed by atoms with Crippen LogP contribution in [-0.2, 0) is 16.1 Å². The lowest BCUT2D eigenvalue weighted by atomic mass is 10.1. The molecule has 0 fully saturated rings. The SMILES string of the molecule is CCC(=O)N(Cc1ccc(OC)cc1)[C@H](CC)C(=O)NC(C)(C)C. The molecule has 0 spiro atoms. The van der Waals surface area contributed by atoms with Crippen molar-refractivity contribution >= 4 is 11.8 Å². The van der Waals surface area contributed by atoms with E-state index >= 15 is 0 Å². The standard InChI is InChI=1S/C19H30N2O3/c1-7-16(18(23)20-19(3,4)5)21(17(22)8-2)13-14-9-11-15(24-6)12-10-14/h9-12,16H,7-8,13H2,1-6H3,(H,20,23)/t16-/m1/s1. The van der Waals surface area contributed by atoms with Gasteiger partial charge in [-0.05, 0) is 44.9 Å². The predicted molar refractivity (Wildman–Crippen MR) is 95.8 cm³/mol. The van der Waals surface area contributed by atoms with Crippen molar-refractivity contribution in [2.45, 2.75) is 65.6 Å². The van der Waals surface area contributed by atoms with Crippen molar-refractivity contribution in [2.24, 2.45) is 0 Å². The van der Waals surface area contributed by atoms with Crippen LogP contribution in [0.1, 0.15) is 53.0 Å². The number of hydrogen-bond acceptors (Lipinski definition) is 3. The average Bonchev–Trinajstić information content (AvgIpc) is 2.52. The first-order valence-corrected chi connectivity index (χ1v) is 8.46. The van der Waals surface area contributed by atoms with Crippen LogP contribution in [0.15, 0.2) is 24.3 Å². The molecule has 2 amide bonds. The molecule has 0 aromatic heterocycles. The third-order valence-corrected chi connectivity index (χ3v) is 3.70. The number of nitrogens with zero attached hydrogens (tertiary/aromatic N) is 1. The molecule has 1 aromatic rings. The van der Waals surface area contributed by atoms with Gasteiger partial charge in [0.05, 0.1) is 7.11 Å². The predicted octanol–water partition coefficient (Wildman–Crippen LogP) is 3.13. The Labute approximate surface area is 145 Å². The van der Waals surface area contributed by atoms with E-state index in [-0.39, 0.29) is 17.4 Å². The van der Waals surface area contributed by atoms with E-state index in [4.69, 9.17) is 4.74 Å². The number of carbonyl (C=O) groups excluding carboxylic acids is 2. The van der Waals surface area contributed by atoms with Crippen LogP contribution in [0.5, 0.6) is 5.75 Å². The lowest BCUT2D eigenvalue weighted by molar-refractivity contribution is -0.141. The highest BCUT2D eigenvalue weighted by Gasteiger charge is 2.29. The Morgan fingerprint density at radius 3 is 2.17 bits per heavy atom. The van der Waals surface area contributed by atoms with Crippen LogP contribution in [0, 0.1) is 0 Å². The number of methoxy groups -OCH3 is 1. The monoisotopic (exact) mass is 334 g/mol. The van der Waals surface area contributed by atoms with Crippen LogP contribution in [0.25, 0.3) is 0 Å². The van der Waals surface area contributed by atoms with Gasteiger partial charge in [0.25, 0.3) is 0 Å². The summed E-state index contributed by atoms with van der Waals surface area (Å²) < 4.78 is 5.16. The normalized spacial score (nSPS) is 12.4. The van der Waals surface area contributed by atoms with Crippen LogP contribution < -0.4 is 10.1 Å². The Morgan fingerprint density at radius 2 is 1.75 bits per heavy atom. The van der Waals surface area contributed by atoms with E-state index in [0.29, 0.717) is 19.4 Å². The van der Waals surface area contributed by atoms with Crippen molar-refractivity contribution in [3.05, 3.63) is 29.8 Å². The minimum absolute atomic E-state index is 0.0262. The van der Waals surface area contributed by atoms with Crippen molar-refractivity contribution in [1.82, 2.24) is 10.2 Å². The van der Waals surface area contributed by atoms with Gasteiger partial charge in [-0.15, -0.1) is 0 Å². The van der Waals surface area contributed by atoms with Crippen LogP contribution in [0.3, 0.4) is 0 Å². The van der Waals surface area contributed by atoms with Gasteiger partial charge in [0, 0.05) is 18.5 Å². The van der Waals surface area contributed by atoms with Crippen LogP contribution in [-0.4, -0.2) is 35.4 Å². The summed E-state index contributed by atoms with van der Waals surface area (Å²) in [5, 5.41) is 2.98. The Kier molecular flexibility index (Phi) is 7.26. The zero-order chi connectivity index (χ0) is 18.3. The van der Waals surface area contributed by atoms with Crippen molar-refractivity contribution < 1.29 is 14.3 Å². The second-order valence-electron chi connectivity index (χ2n) is 6.89. The molecule has 24 heavy (non-hydrogen) atoms. The first-order chi connectivity index (χ1) is 11.2. The number of nitrogens with one attached hydrogen (secondary N) is 1. The summed E-state index contributed by atoms with van der Waals surface area (Å²) in [5.74, 6) is 0.631. The van der Waals surface area contributed by atoms with Gasteiger partial charge in [0.15, 0.2) is 0 Å². The maximum absolute atomic E-state index is 12.6. The second kappa shape index (κ2) is 8.71. The Balaban J connectivity index is 3.00. The second-order valence-corrected chi connectivity index (χ2v) is 6.89. The molecule has 0 saturated heterocycles. The van der Waals surface area contributed by atoms with E-state index in [9.17, 15) is 9.59 Å². The molecule has 0 unspecified atom stereocenters. The minimum Gasteiger partial charge on any atom is -0.497 e. The molecule has 0 bridgehead atoms. The third-order valence-electron chi connectivity index (χ3n) is 3.70. The fourth-order valence-electron chi connectivity index (χ4n) is 2.50. The molecule has 1 aromatic carbocycles. The van der Waals surface area contributed by atoms with Crippen molar-refractivity contribution in [3.8, 4) is 5.75 Å². The molecule has 1 rings (SSSR count). The van der Waals surface area contributed by atoms with Crippen molar-refractivity contribution in [1.29, 1.82) is 0 Å². The number of hydrogen-bond donors (Lipinski definition) is 1. The maximum Gasteiger partial charge on any atom is 0.243 e. The summed E-state index contributed by atoms with van der Waals surface area (Å²) in [6.07, 6.45) is 0.944. The molecule has 5 heteroatoms. The van der Waals surface area contributed by atoms with Crippen LogP contribution in [0.4, 0.5) is 0 Å². The Bertz CT molecular complexity index is 547. The molecule has 0 aliphatic heterocycles. The van der Waals surface area contributed by atoms with Crippen molar-refractivity contribution in [2.75, 3.05) is 7.11 Å². The summed E-state index contributed by atoms with van der Waals surface area (Å²) in [7, 11) is 1.62. The van der Waals surface area contributed by atoms with Crippen LogP contribution in [0.2, 0.25) is 0 Å². The fraction of sp³-hybridized carbons (Fsp3) is 0.579. The Hall–Kier alpha value is -2.04. The first-order valence-electron chi connectivity index (χ1n) is 8.46. The molecule has 5 nitrogen and oxygen atoms in total. The number of carbonyl (C=O) groups is 2. The third kappa shape index (κ3) is 5.87. The highest BCUT2D eigenvalue weighted by atomic mass is 16.5. The van der Waals surface area contributed by atoms with E-state index < -0.39 is 6.04 Å². The molecule has 0 aliphatic carbocycles. The van der Waals surface area contributed by atoms with Gasteiger partial charge >= 0.3 is 0 Å². The maximum atomic E-state index is 12.6. The number of benzene rings is 1. The van der Waals surface area contributed by atoms with Gasteiger partial charge in [-0.2, -0.15) is 0 Å². The Morgan fingerprint density at radius 1 is 1.17 bits per heavy atom. The summed E-state index contributed by atoms with van der Waals surface area (Å²) in [4.78, 5) is 26.7. The molecule has 1 N–H and O–H groups in total. The highest BCUT2D eigenvalue weighted by molar-refractivity contribution is 5.87. The molecular weight excluding hydrogens is 304 g/mol. The largest absolute Gasteiger partial charge is 0.497 e. The first kappa shape index (κ1) is 20.0. The average molecular weight is 334 g/mol. The summed E-state index contributed by atoms with van der Waals surface area (Å²) in [5.41, 5.74) is 0.644. The number of rotatable bonds is 7. The molecule has 0 saturated carbocycles. The molecule has 0 radical (unpaired) electrons. The van der Waals surface area contributed by atoms with Crippen LogP contribution >= 0.6 is 0 Å². The topological polar surface area (TPSA) is 58.6 Å². The van der Waals surface area contributed by atoms with Gasteiger partial charge in [-0.3, -0.25) is 9.59 Å². The van der Waals surface area contributed by atoms with Gasteiger partial charge in [-0.25, -0.2) is 0 Å². The molecule has 0 aliphatic rings. The van der Waals surface area contributed by atoms with Gasteiger partial charge < -0.3 is 15.0 Å². The van der Waals surface area contributed by atoms with E-state index in [0.717, 1.165) is 11.3 Å². The smallest absolute Gasteiger partial charge is 0.243 e.